The first-order valence-electron chi connectivity index (χ1n) is 6.24. The average molecular weight is 249 g/mol. The van der Waals surface area contributed by atoms with Crippen molar-refractivity contribution in [3.05, 3.63) is 18.3 Å². The quantitative estimate of drug-likeness (QED) is 0.879. The van der Waals surface area contributed by atoms with Crippen molar-refractivity contribution in [2.75, 3.05) is 25.5 Å². The standard InChI is InChI=1S/C13H19N3O2/c1-10-4-3-7-16(10)13(17)9-14-11-5-6-12(18-2)15-8-11/h5-6,8,10,14H,3-4,7,9H2,1-2H3. The van der Waals surface area contributed by atoms with Crippen molar-refractivity contribution in [2.24, 2.45) is 0 Å². The van der Waals surface area contributed by atoms with Gasteiger partial charge >= 0.3 is 0 Å². The van der Waals surface area contributed by atoms with E-state index in [1.807, 2.05) is 11.0 Å². The van der Waals surface area contributed by atoms with Crippen LogP contribution in [0.15, 0.2) is 18.3 Å². The fourth-order valence-electron chi connectivity index (χ4n) is 2.19. The van der Waals surface area contributed by atoms with Gasteiger partial charge in [-0.05, 0) is 25.8 Å². The highest BCUT2D eigenvalue weighted by molar-refractivity contribution is 5.81. The highest BCUT2D eigenvalue weighted by Crippen LogP contribution is 2.16. The van der Waals surface area contributed by atoms with Gasteiger partial charge < -0.3 is 15.0 Å². The first-order valence-corrected chi connectivity index (χ1v) is 6.24. The van der Waals surface area contributed by atoms with Crippen LogP contribution in [-0.2, 0) is 4.79 Å². The maximum Gasteiger partial charge on any atom is 0.242 e. The van der Waals surface area contributed by atoms with Crippen LogP contribution in [0.5, 0.6) is 5.88 Å². The molecule has 2 heterocycles. The van der Waals surface area contributed by atoms with Crippen molar-refractivity contribution in [2.45, 2.75) is 25.8 Å². The summed E-state index contributed by atoms with van der Waals surface area (Å²) in [6.45, 7) is 3.29. The number of carbonyl (C=O) groups is 1. The molecule has 0 spiro atoms. The molecule has 5 nitrogen and oxygen atoms in total. The molecular weight excluding hydrogens is 230 g/mol. The second-order valence-electron chi connectivity index (χ2n) is 4.52. The molecule has 0 aliphatic carbocycles. The van der Waals surface area contributed by atoms with Crippen LogP contribution in [-0.4, -0.2) is 42.0 Å². The molecule has 1 aliphatic heterocycles. The molecule has 1 aliphatic rings. The van der Waals surface area contributed by atoms with Gasteiger partial charge in [0.05, 0.1) is 25.5 Å². The zero-order valence-corrected chi connectivity index (χ0v) is 10.8. The minimum absolute atomic E-state index is 0.149. The number of nitrogens with zero attached hydrogens (tertiary/aromatic N) is 2. The van der Waals surface area contributed by atoms with Crippen molar-refractivity contribution in [3.8, 4) is 5.88 Å². The van der Waals surface area contributed by atoms with E-state index in [9.17, 15) is 4.79 Å². The first-order chi connectivity index (χ1) is 8.70. The predicted octanol–water partition coefficient (Wildman–Crippen LogP) is 1.51. The van der Waals surface area contributed by atoms with E-state index in [0.717, 1.165) is 25.1 Å². The number of hydrogen-bond donors (Lipinski definition) is 1. The average Bonchev–Trinajstić information content (AvgIpc) is 2.83. The largest absolute Gasteiger partial charge is 0.481 e. The molecule has 1 amide bonds. The second-order valence-corrected chi connectivity index (χ2v) is 4.52. The molecule has 2 rings (SSSR count). The summed E-state index contributed by atoms with van der Waals surface area (Å²) in [6, 6.07) is 3.99. The van der Waals surface area contributed by atoms with Gasteiger partial charge in [-0.3, -0.25) is 4.79 Å². The summed E-state index contributed by atoms with van der Waals surface area (Å²) in [6.07, 6.45) is 3.88. The van der Waals surface area contributed by atoms with Crippen LogP contribution in [0.3, 0.4) is 0 Å². The maximum absolute atomic E-state index is 12.0. The second kappa shape index (κ2) is 5.71. The van der Waals surface area contributed by atoms with Crippen molar-refractivity contribution in [1.82, 2.24) is 9.88 Å². The summed E-state index contributed by atoms with van der Waals surface area (Å²) in [5, 5.41) is 3.08. The Morgan fingerprint density at radius 3 is 3.00 bits per heavy atom. The Labute approximate surface area is 107 Å². The van der Waals surface area contributed by atoms with Gasteiger partial charge in [-0.15, -0.1) is 0 Å². The van der Waals surface area contributed by atoms with Crippen LogP contribution in [0.2, 0.25) is 0 Å². The van der Waals surface area contributed by atoms with Gasteiger partial charge in [0.15, 0.2) is 0 Å². The van der Waals surface area contributed by atoms with Crippen molar-refractivity contribution in [1.29, 1.82) is 0 Å². The fraction of sp³-hybridized carbons (Fsp3) is 0.538. The Morgan fingerprint density at radius 2 is 2.44 bits per heavy atom. The predicted molar refractivity (Wildman–Crippen MR) is 69.7 cm³/mol. The van der Waals surface area contributed by atoms with E-state index in [2.05, 4.69) is 17.2 Å². The summed E-state index contributed by atoms with van der Waals surface area (Å²) < 4.78 is 4.98. The zero-order valence-electron chi connectivity index (χ0n) is 10.8. The summed E-state index contributed by atoms with van der Waals surface area (Å²) in [5.74, 6) is 0.718. The molecule has 0 aromatic carbocycles. The van der Waals surface area contributed by atoms with E-state index in [0.29, 0.717) is 18.5 Å². The topological polar surface area (TPSA) is 54.5 Å². The van der Waals surface area contributed by atoms with Gasteiger partial charge in [-0.2, -0.15) is 0 Å². The van der Waals surface area contributed by atoms with E-state index < -0.39 is 0 Å². The molecule has 0 bridgehead atoms. The Hall–Kier alpha value is -1.78. The maximum atomic E-state index is 12.0. The zero-order chi connectivity index (χ0) is 13.0. The fourth-order valence-corrected chi connectivity index (χ4v) is 2.19. The molecule has 98 valence electrons. The lowest BCUT2D eigenvalue weighted by atomic mass is 10.2. The number of amides is 1. The molecule has 1 atom stereocenters. The van der Waals surface area contributed by atoms with Crippen LogP contribution >= 0.6 is 0 Å². The minimum atomic E-state index is 0.149. The van der Waals surface area contributed by atoms with E-state index in [1.165, 1.54) is 0 Å². The molecule has 1 aromatic heterocycles. The van der Waals surface area contributed by atoms with E-state index in [4.69, 9.17) is 4.74 Å². The third-order valence-corrected chi connectivity index (χ3v) is 3.26. The molecule has 0 radical (unpaired) electrons. The molecule has 18 heavy (non-hydrogen) atoms. The molecule has 0 saturated carbocycles. The van der Waals surface area contributed by atoms with Gasteiger partial charge in [0, 0.05) is 18.7 Å². The highest BCUT2D eigenvalue weighted by atomic mass is 16.5. The third-order valence-electron chi connectivity index (χ3n) is 3.26. The first kappa shape index (κ1) is 12.7. The van der Waals surface area contributed by atoms with Crippen LogP contribution in [0, 0.1) is 0 Å². The number of pyridine rings is 1. The van der Waals surface area contributed by atoms with Crippen LogP contribution < -0.4 is 10.1 Å². The van der Waals surface area contributed by atoms with Crippen molar-refractivity contribution in [3.63, 3.8) is 0 Å². The van der Waals surface area contributed by atoms with Gasteiger partial charge in [-0.1, -0.05) is 0 Å². The highest BCUT2D eigenvalue weighted by Gasteiger charge is 2.24. The molecule has 1 saturated heterocycles. The number of carbonyl (C=O) groups excluding carboxylic acids is 1. The Morgan fingerprint density at radius 1 is 1.61 bits per heavy atom. The number of hydrogen-bond acceptors (Lipinski definition) is 4. The van der Waals surface area contributed by atoms with Gasteiger partial charge in [0.25, 0.3) is 0 Å². The molecule has 1 fully saturated rings. The minimum Gasteiger partial charge on any atom is -0.481 e. The lowest BCUT2D eigenvalue weighted by Crippen LogP contribution is -2.37. The summed E-state index contributed by atoms with van der Waals surface area (Å²) >= 11 is 0. The lowest BCUT2D eigenvalue weighted by Gasteiger charge is -2.21. The number of nitrogens with one attached hydrogen (secondary N) is 1. The Kier molecular flexibility index (Phi) is 4.02. The molecular formula is C13H19N3O2. The van der Waals surface area contributed by atoms with Gasteiger partial charge in [-0.25, -0.2) is 4.98 Å². The summed E-state index contributed by atoms with van der Waals surface area (Å²) in [4.78, 5) is 18.0. The van der Waals surface area contributed by atoms with E-state index >= 15 is 0 Å². The SMILES string of the molecule is COc1ccc(NCC(=O)N2CCCC2C)cn1. The van der Waals surface area contributed by atoms with Crippen LogP contribution in [0.1, 0.15) is 19.8 Å². The van der Waals surface area contributed by atoms with Gasteiger partial charge in [0.2, 0.25) is 11.8 Å². The van der Waals surface area contributed by atoms with E-state index in [1.54, 1.807) is 19.4 Å². The van der Waals surface area contributed by atoms with Crippen LogP contribution in [0.4, 0.5) is 5.69 Å². The van der Waals surface area contributed by atoms with Crippen LogP contribution in [0.25, 0.3) is 0 Å². The normalized spacial score (nSPS) is 18.8. The number of ether oxygens (including phenoxy) is 1. The Bertz CT molecular complexity index is 405. The molecule has 1 N–H and O–H groups in total. The smallest absolute Gasteiger partial charge is 0.242 e. The van der Waals surface area contributed by atoms with Crippen molar-refractivity contribution >= 4 is 11.6 Å². The molecule has 5 heteroatoms. The number of rotatable bonds is 4. The third kappa shape index (κ3) is 2.91. The summed E-state index contributed by atoms with van der Waals surface area (Å²) in [7, 11) is 1.58. The monoisotopic (exact) mass is 249 g/mol. The van der Waals surface area contributed by atoms with E-state index in [-0.39, 0.29) is 5.91 Å². The summed E-state index contributed by atoms with van der Waals surface area (Å²) in [5.41, 5.74) is 0.830. The van der Waals surface area contributed by atoms with Crippen molar-refractivity contribution < 1.29 is 9.53 Å². The molecule has 1 aromatic rings. The number of aromatic nitrogens is 1. The Balaban J connectivity index is 1.85. The van der Waals surface area contributed by atoms with Gasteiger partial charge in [0.1, 0.15) is 0 Å². The number of anilines is 1. The number of methoxy groups -OCH3 is 1. The lowest BCUT2D eigenvalue weighted by molar-refractivity contribution is -0.129. The molecule has 1 unspecified atom stereocenters. The number of likely N-dealkylation sites (tertiary alicyclic amines) is 1.